The molecular formula is C13H23N3O. The standard InChI is InChI=1S/C13H23N3O/c1-10(2)14-13-15-12(16-17-13)11-8-6-4-3-5-7-9-11/h10-11H,3-9H2,1-2H3,(H,14,15,16). The molecule has 0 spiro atoms. The van der Waals surface area contributed by atoms with E-state index >= 15 is 0 Å². The van der Waals surface area contributed by atoms with Gasteiger partial charge in [-0.1, -0.05) is 37.3 Å². The molecule has 0 aromatic carbocycles. The van der Waals surface area contributed by atoms with E-state index in [1.807, 2.05) is 0 Å². The van der Waals surface area contributed by atoms with E-state index in [2.05, 4.69) is 29.3 Å². The van der Waals surface area contributed by atoms with E-state index in [0.29, 0.717) is 18.0 Å². The predicted octanol–water partition coefficient (Wildman–Crippen LogP) is 3.72. The van der Waals surface area contributed by atoms with Crippen molar-refractivity contribution in [3.05, 3.63) is 5.82 Å². The first kappa shape index (κ1) is 12.4. The fourth-order valence-corrected chi connectivity index (χ4v) is 2.42. The van der Waals surface area contributed by atoms with Crippen LogP contribution in [0, 0.1) is 0 Å². The molecule has 0 atom stereocenters. The minimum Gasteiger partial charge on any atom is -0.336 e. The molecule has 96 valence electrons. The highest BCUT2D eigenvalue weighted by Gasteiger charge is 2.19. The SMILES string of the molecule is CC(C)Nc1nc(C2CCCCCCC2)no1. The van der Waals surface area contributed by atoms with E-state index in [1.165, 1.54) is 44.9 Å². The van der Waals surface area contributed by atoms with Gasteiger partial charge >= 0.3 is 6.01 Å². The van der Waals surface area contributed by atoms with Gasteiger partial charge < -0.3 is 9.84 Å². The zero-order valence-electron chi connectivity index (χ0n) is 10.9. The van der Waals surface area contributed by atoms with E-state index in [0.717, 1.165) is 5.82 Å². The van der Waals surface area contributed by atoms with Crippen LogP contribution in [0.1, 0.15) is 70.5 Å². The van der Waals surface area contributed by atoms with Gasteiger partial charge in [-0.25, -0.2) is 0 Å². The van der Waals surface area contributed by atoms with Gasteiger partial charge in [0.2, 0.25) is 0 Å². The van der Waals surface area contributed by atoms with Crippen LogP contribution in [0.25, 0.3) is 0 Å². The lowest BCUT2D eigenvalue weighted by molar-refractivity contribution is 0.392. The highest BCUT2D eigenvalue weighted by atomic mass is 16.5. The Morgan fingerprint density at radius 1 is 1.12 bits per heavy atom. The van der Waals surface area contributed by atoms with Crippen molar-refractivity contribution >= 4 is 6.01 Å². The number of anilines is 1. The quantitative estimate of drug-likeness (QED) is 0.870. The average molecular weight is 237 g/mol. The monoisotopic (exact) mass is 237 g/mol. The van der Waals surface area contributed by atoms with Gasteiger partial charge in [-0.05, 0) is 26.7 Å². The van der Waals surface area contributed by atoms with Gasteiger partial charge in [0.25, 0.3) is 0 Å². The summed E-state index contributed by atoms with van der Waals surface area (Å²) in [7, 11) is 0. The largest absolute Gasteiger partial charge is 0.336 e. The molecule has 0 bridgehead atoms. The molecule has 17 heavy (non-hydrogen) atoms. The molecule has 1 heterocycles. The van der Waals surface area contributed by atoms with Crippen molar-refractivity contribution in [1.29, 1.82) is 0 Å². The third-order valence-electron chi connectivity index (χ3n) is 3.32. The molecule has 0 amide bonds. The lowest BCUT2D eigenvalue weighted by Gasteiger charge is -2.15. The van der Waals surface area contributed by atoms with Gasteiger partial charge in [-0.15, -0.1) is 0 Å². The van der Waals surface area contributed by atoms with Gasteiger partial charge in [0.15, 0.2) is 5.82 Å². The van der Waals surface area contributed by atoms with Gasteiger partial charge in [0.05, 0.1) is 0 Å². The van der Waals surface area contributed by atoms with Gasteiger partial charge in [0, 0.05) is 12.0 Å². The van der Waals surface area contributed by atoms with Crippen molar-refractivity contribution in [3.8, 4) is 0 Å². The van der Waals surface area contributed by atoms with Crippen molar-refractivity contribution in [2.24, 2.45) is 0 Å². The first-order chi connectivity index (χ1) is 8.25. The molecule has 1 fully saturated rings. The summed E-state index contributed by atoms with van der Waals surface area (Å²) >= 11 is 0. The summed E-state index contributed by atoms with van der Waals surface area (Å²) in [6.45, 7) is 4.14. The van der Waals surface area contributed by atoms with Crippen LogP contribution in [0.4, 0.5) is 6.01 Å². The Labute approximate surface area is 103 Å². The fourth-order valence-electron chi connectivity index (χ4n) is 2.42. The maximum Gasteiger partial charge on any atom is 0.321 e. The minimum absolute atomic E-state index is 0.334. The Bertz CT molecular complexity index is 327. The Morgan fingerprint density at radius 2 is 1.76 bits per heavy atom. The molecule has 0 unspecified atom stereocenters. The number of rotatable bonds is 3. The van der Waals surface area contributed by atoms with Crippen LogP contribution in [-0.4, -0.2) is 16.2 Å². The average Bonchev–Trinajstić information content (AvgIpc) is 2.64. The molecule has 1 aliphatic rings. The third-order valence-corrected chi connectivity index (χ3v) is 3.32. The lowest BCUT2D eigenvalue weighted by Crippen LogP contribution is -2.10. The summed E-state index contributed by atoms with van der Waals surface area (Å²) in [6, 6.07) is 0.901. The summed E-state index contributed by atoms with van der Waals surface area (Å²) in [6.07, 6.45) is 9.11. The topological polar surface area (TPSA) is 51.0 Å². The van der Waals surface area contributed by atoms with Crippen LogP contribution in [0.2, 0.25) is 0 Å². The molecule has 1 N–H and O–H groups in total. The zero-order chi connectivity index (χ0) is 12.1. The number of aromatic nitrogens is 2. The summed E-state index contributed by atoms with van der Waals surface area (Å²) in [5, 5.41) is 7.27. The molecule has 0 aliphatic heterocycles. The van der Waals surface area contributed by atoms with Crippen molar-refractivity contribution in [2.45, 2.75) is 70.8 Å². The molecule has 0 radical (unpaired) electrons. The van der Waals surface area contributed by atoms with Crippen molar-refractivity contribution in [1.82, 2.24) is 10.1 Å². The van der Waals surface area contributed by atoms with E-state index in [9.17, 15) is 0 Å². The van der Waals surface area contributed by atoms with Crippen LogP contribution < -0.4 is 5.32 Å². The molecule has 0 saturated heterocycles. The van der Waals surface area contributed by atoms with Crippen LogP contribution in [0.15, 0.2) is 4.52 Å². The van der Waals surface area contributed by atoms with Crippen molar-refractivity contribution < 1.29 is 4.52 Å². The summed E-state index contributed by atoms with van der Waals surface area (Å²) in [5.74, 6) is 1.40. The molecule has 1 aliphatic carbocycles. The Hall–Kier alpha value is -1.06. The highest BCUT2D eigenvalue weighted by Crippen LogP contribution is 2.29. The second kappa shape index (κ2) is 6.03. The smallest absolute Gasteiger partial charge is 0.321 e. The van der Waals surface area contributed by atoms with Crippen LogP contribution in [0.5, 0.6) is 0 Å². The second-order valence-electron chi connectivity index (χ2n) is 5.30. The Balaban J connectivity index is 1.97. The summed E-state index contributed by atoms with van der Waals surface area (Å²) in [4.78, 5) is 4.46. The highest BCUT2D eigenvalue weighted by molar-refractivity contribution is 5.20. The molecular weight excluding hydrogens is 214 g/mol. The minimum atomic E-state index is 0.334. The molecule has 4 nitrogen and oxygen atoms in total. The molecule has 1 aromatic heterocycles. The number of nitrogens with one attached hydrogen (secondary N) is 1. The molecule has 2 rings (SSSR count). The van der Waals surface area contributed by atoms with Crippen LogP contribution >= 0.6 is 0 Å². The second-order valence-corrected chi connectivity index (χ2v) is 5.30. The van der Waals surface area contributed by atoms with Gasteiger partial charge in [-0.2, -0.15) is 4.98 Å². The fraction of sp³-hybridized carbons (Fsp3) is 0.846. The van der Waals surface area contributed by atoms with E-state index in [4.69, 9.17) is 4.52 Å². The van der Waals surface area contributed by atoms with E-state index < -0.39 is 0 Å². The lowest BCUT2D eigenvalue weighted by atomic mass is 9.91. The molecule has 1 aromatic rings. The Kier molecular flexibility index (Phi) is 4.40. The maximum absolute atomic E-state index is 5.23. The summed E-state index contributed by atoms with van der Waals surface area (Å²) < 4.78 is 5.23. The molecule has 4 heteroatoms. The number of hydrogen-bond donors (Lipinski definition) is 1. The first-order valence-electron chi connectivity index (χ1n) is 6.86. The van der Waals surface area contributed by atoms with Crippen LogP contribution in [0.3, 0.4) is 0 Å². The summed E-state index contributed by atoms with van der Waals surface area (Å²) in [5.41, 5.74) is 0. The van der Waals surface area contributed by atoms with E-state index in [-0.39, 0.29) is 0 Å². The number of nitrogens with zero attached hydrogens (tertiary/aromatic N) is 2. The first-order valence-corrected chi connectivity index (χ1v) is 6.86. The number of hydrogen-bond acceptors (Lipinski definition) is 4. The predicted molar refractivity (Wildman–Crippen MR) is 68.1 cm³/mol. The maximum atomic E-state index is 5.23. The zero-order valence-corrected chi connectivity index (χ0v) is 10.9. The van der Waals surface area contributed by atoms with Gasteiger partial charge in [0.1, 0.15) is 0 Å². The van der Waals surface area contributed by atoms with Crippen molar-refractivity contribution in [2.75, 3.05) is 5.32 Å². The van der Waals surface area contributed by atoms with Gasteiger partial charge in [-0.3, -0.25) is 0 Å². The molecule has 1 saturated carbocycles. The Morgan fingerprint density at radius 3 is 2.41 bits per heavy atom. The van der Waals surface area contributed by atoms with E-state index in [1.54, 1.807) is 0 Å². The van der Waals surface area contributed by atoms with Crippen LogP contribution in [-0.2, 0) is 0 Å². The third kappa shape index (κ3) is 3.72. The van der Waals surface area contributed by atoms with Crippen molar-refractivity contribution in [3.63, 3.8) is 0 Å². The normalized spacial score (nSPS) is 19.0.